The molecule has 0 aliphatic carbocycles. The molecular formula is C20H20N2O3. The Kier molecular flexibility index (Phi) is 6.30. The Bertz CT molecular complexity index is 764. The van der Waals surface area contributed by atoms with Gasteiger partial charge in [0, 0.05) is 18.5 Å². The van der Waals surface area contributed by atoms with E-state index in [9.17, 15) is 9.59 Å². The topological polar surface area (TPSA) is 81.4 Å². The fourth-order valence-corrected chi connectivity index (χ4v) is 2.58. The van der Waals surface area contributed by atoms with Crippen LogP contribution in [0.25, 0.3) is 0 Å². The fourth-order valence-electron chi connectivity index (χ4n) is 2.58. The average Bonchev–Trinajstić information content (AvgIpc) is 2.60. The average molecular weight is 336 g/mol. The van der Waals surface area contributed by atoms with E-state index in [0.29, 0.717) is 17.8 Å². The Labute approximate surface area is 147 Å². The van der Waals surface area contributed by atoms with Crippen LogP contribution in [0.2, 0.25) is 0 Å². The number of hydrogen-bond donors (Lipinski definition) is 1. The summed E-state index contributed by atoms with van der Waals surface area (Å²) in [6, 6.07) is 18.5. The molecule has 0 aliphatic heterocycles. The lowest BCUT2D eigenvalue weighted by atomic mass is 10.0. The van der Waals surface area contributed by atoms with Crippen molar-refractivity contribution in [3.63, 3.8) is 0 Å². The Hall–Kier alpha value is -3.13. The molecule has 2 aromatic rings. The van der Waals surface area contributed by atoms with E-state index in [1.54, 1.807) is 36.1 Å². The third-order valence-electron chi connectivity index (χ3n) is 3.84. The van der Waals surface area contributed by atoms with Gasteiger partial charge in [-0.15, -0.1) is 0 Å². The molecule has 0 fully saturated rings. The van der Waals surface area contributed by atoms with Crippen molar-refractivity contribution < 1.29 is 14.7 Å². The van der Waals surface area contributed by atoms with Gasteiger partial charge in [-0.1, -0.05) is 37.3 Å². The van der Waals surface area contributed by atoms with E-state index in [0.717, 1.165) is 5.56 Å². The van der Waals surface area contributed by atoms with Crippen LogP contribution in [0.4, 0.5) is 5.69 Å². The zero-order chi connectivity index (χ0) is 18.2. The summed E-state index contributed by atoms with van der Waals surface area (Å²) in [5.41, 5.74) is 2.19. The van der Waals surface area contributed by atoms with Gasteiger partial charge in [0.2, 0.25) is 5.91 Å². The molecule has 0 spiro atoms. The minimum atomic E-state index is -0.909. The van der Waals surface area contributed by atoms with Crippen LogP contribution in [0.15, 0.2) is 54.6 Å². The molecule has 0 aliphatic rings. The number of carbonyl (C=O) groups excluding carboxylic acids is 1. The highest BCUT2D eigenvalue weighted by atomic mass is 16.4. The summed E-state index contributed by atoms with van der Waals surface area (Å²) in [5.74, 6) is -1.29. The number of anilines is 1. The summed E-state index contributed by atoms with van der Waals surface area (Å²) >= 11 is 0. The van der Waals surface area contributed by atoms with E-state index < -0.39 is 5.97 Å². The molecule has 1 amide bonds. The minimum Gasteiger partial charge on any atom is -0.481 e. The molecule has 25 heavy (non-hydrogen) atoms. The lowest BCUT2D eigenvalue weighted by molar-refractivity contribution is -0.138. The van der Waals surface area contributed by atoms with E-state index >= 15 is 0 Å². The summed E-state index contributed by atoms with van der Waals surface area (Å²) in [7, 11) is 0. The number of nitrogens with zero attached hydrogens (tertiary/aromatic N) is 2. The maximum Gasteiger partial charge on any atom is 0.303 e. The van der Waals surface area contributed by atoms with E-state index in [-0.39, 0.29) is 24.7 Å². The monoisotopic (exact) mass is 336 g/mol. The van der Waals surface area contributed by atoms with Gasteiger partial charge < -0.3 is 10.0 Å². The number of rotatable bonds is 7. The van der Waals surface area contributed by atoms with Gasteiger partial charge >= 0.3 is 5.97 Å². The van der Waals surface area contributed by atoms with E-state index in [1.807, 2.05) is 30.3 Å². The van der Waals surface area contributed by atoms with Crippen LogP contribution in [-0.2, 0) is 16.1 Å². The predicted octanol–water partition coefficient (Wildman–Crippen LogP) is 3.59. The number of hydrogen-bond acceptors (Lipinski definition) is 3. The van der Waals surface area contributed by atoms with E-state index in [1.165, 1.54) is 0 Å². The van der Waals surface area contributed by atoms with E-state index in [4.69, 9.17) is 10.4 Å². The second-order valence-electron chi connectivity index (χ2n) is 6.03. The highest BCUT2D eigenvalue weighted by molar-refractivity contribution is 5.93. The molecule has 5 nitrogen and oxygen atoms in total. The molecule has 1 atom stereocenters. The molecule has 2 aromatic carbocycles. The van der Waals surface area contributed by atoms with Crippen molar-refractivity contribution >= 4 is 17.6 Å². The minimum absolute atomic E-state index is 0.0434. The summed E-state index contributed by atoms with van der Waals surface area (Å²) in [6.07, 6.45) is 0.109. The van der Waals surface area contributed by atoms with Crippen LogP contribution in [0.3, 0.4) is 0 Å². The second kappa shape index (κ2) is 8.65. The quantitative estimate of drug-likeness (QED) is 0.837. The molecular weight excluding hydrogens is 316 g/mol. The molecule has 0 heterocycles. The van der Waals surface area contributed by atoms with Crippen molar-refractivity contribution in [2.75, 3.05) is 4.90 Å². The highest BCUT2D eigenvalue weighted by Crippen LogP contribution is 2.21. The molecule has 0 saturated heterocycles. The molecule has 0 unspecified atom stereocenters. The number of carbonyl (C=O) groups is 2. The van der Waals surface area contributed by atoms with E-state index in [2.05, 4.69) is 6.07 Å². The molecule has 1 N–H and O–H groups in total. The van der Waals surface area contributed by atoms with Crippen molar-refractivity contribution in [1.82, 2.24) is 0 Å². The first-order chi connectivity index (χ1) is 12.0. The van der Waals surface area contributed by atoms with Gasteiger partial charge in [0.15, 0.2) is 0 Å². The lowest BCUT2D eigenvalue weighted by Gasteiger charge is -2.24. The van der Waals surface area contributed by atoms with Gasteiger partial charge in [0.1, 0.15) is 0 Å². The van der Waals surface area contributed by atoms with Crippen LogP contribution >= 0.6 is 0 Å². The SMILES string of the molecule is C[C@@H](CC(=O)O)CC(=O)N(Cc1ccccc1)c1ccc(C#N)cc1. The van der Waals surface area contributed by atoms with Gasteiger partial charge in [-0.3, -0.25) is 9.59 Å². The van der Waals surface area contributed by atoms with Crippen molar-refractivity contribution in [2.45, 2.75) is 26.3 Å². The Morgan fingerprint density at radius 2 is 1.72 bits per heavy atom. The fraction of sp³-hybridized carbons (Fsp3) is 0.250. The first kappa shape index (κ1) is 18.2. The van der Waals surface area contributed by atoms with Crippen LogP contribution in [0, 0.1) is 17.2 Å². The summed E-state index contributed by atoms with van der Waals surface area (Å²) in [4.78, 5) is 25.2. The first-order valence-corrected chi connectivity index (χ1v) is 8.06. The van der Waals surface area contributed by atoms with Crippen LogP contribution < -0.4 is 4.90 Å². The predicted molar refractivity (Wildman–Crippen MR) is 94.8 cm³/mol. The normalized spacial score (nSPS) is 11.4. The standard InChI is InChI=1S/C20H20N2O3/c1-15(12-20(24)25)11-19(23)22(14-17-5-3-2-4-6-17)18-9-7-16(13-21)8-10-18/h2-10,15H,11-12,14H2,1H3,(H,24,25)/t15-/m1/s1. The third kappa shape index (κ3) is 5.47. The Morgan fingerprint density at radius 3 is 2.28 bits per heavy atom. The molecule has 0 radical (unpaired) electrons. The van der Waals surface area contributed by atoms with Crippen LogP contribution in [0.1, 0.15) is 30.9 Å². The largest absolute Gasteiger partial charge is 0.481 e. The van der Waals surface area contributed by atoms with Crippen molar-refractivity contribution in [3.8, 4) is 6.07 Å². The molecule has 5 heteroatoms. The Morgan fingerprint density at radius 1 is 1.08 bits per heavy atom. The number of benzene rings is 2. The molecule has 0 saturated carbocycles. The number of carboxylic acids is 1. The van der Waals surface area contributed by atoms with Gasteiger partial charge in [0.05, 0.1) is 18.2 Å². The zero-order valence-electron chi connectivity index (χ0n) is 14.1. The number of carboxylic acid groups (broad SMARTS) is 1. The highest BCUT2D eigenvalue weighted by Gasteiger charge is 2.20. The maximum absolute atomic E-state index is 12.8. The van der Waals surface area contributed by atoms with Gasteiger partial charge in [-0.25, -0.2) is 0 Å². The third-order valence-corrected chi connectivity index (χ3v) is 3.84. The molecule has 2 rings (SSSR count). The smallest absolute Gasteiger partial charge is 0.303 e. The summed E-state index contributed by atoms with van der Waals surface area (Å²) in [5, 5.41) is 17.8. The van der Waals surface area contributed by atoms with Gasteiger partial charge in [0.25, 0.3) is 0 Å². The molecule has 128 valence electrons. The number of amides is 1. The van der Waals surface area contributed by atoms with Gasteiger partial charge in [-0.05, 0) is 35.7 Å². The van der Waals surface area contributed by atoms with Crippen molar-refractivity contribution in [1.29, 1.82) is 5.26 Å². The summed E-state index contributed by atoms with van der Waals surface area (Å²) < 4.78 is 0. The molecule has 0 bridgehead atoms. The number of aliphatic carboxylic acids is 1. The van der Waals surface area contributed by atoms with Crippen molar-refractivity contribution in [2.24, 2.45) is 5.92 Å². The molecule has 0 aromatic heterocycles. The van der Waals surface area contributed by atoms with Crippen LogP contribution in [-0.4, -0.2) is 17.0 Å². The van der Waals surface area contributed by atoms with Gasteiger partial charge in [-0.2, -0.15) is 5.26 Å². The second-order valence-corrected chi connectivity index (χ2v) is 6.03. The Balaban J connectivity index is 2.23. The zero-order valence-corrected chi connectivity index (χ0v) is 14.1. The maximum atomic E-state index is 12.8. The lowest BCUT2D eigenvalue weighted by Crippen LogP contribution is -2.31. The summed E-state index contributed by atoms with van der Waals surface area (Å²) in [6.45, 7) is 2.15. The van der Waals surface area contributed by atoms with Crippen LogP contribution in [0.5, 0.6) is 0 Å². The van der Waals surface area contributed by atoms with Crippen molar-refractivity contribution in [3.05, 3.63) is 65.7 Å². The first-order valence-electron chi connectivity index (χ1n) is 8.06. The number of nitriles is 1.